The molecular formula is C69H104O6. The molecule has 0 saturated carbocycles. The lowest BCUT2D eigenvalue weighted by molar-refractivity contribution is -0.167. The molecule has 0 fully saturated rings. The van der Waals surface area contributed by atoms with Gasteiger partial charge in [0.05, 0.1) is 0 Å². The highest BCUT2D eigenvalue weighted by molar-refractivity contribution is 5.71. The number of allylic oxidation sites excluding steroid dienone is 30. The lowest BCUT2D eigenvalue weighted by Crippen LogP contribution is -2.30. The van der Waals surface area contributed by atoms with Crippen molar-refractivity contribution >= 4 is 17.9 Å². The maximum absolute atomic E-state index is 12.9. The zero-order valence-corrected chi connectivity index (χ0v) is 47.5. The number of hydrogen-bond acceptors (Lipinski definition) is 6. The van der Waals surface area contributed by atoms with Crippen molar-refractivity contribution in [1.82, 2.24) is 0 Å². The molecule has 416 valence electrons. The van der Waals surface area contributed by atoms with Crippen LogP contribution in [0.15, 0.2) is 182 Å². The molecular weight excluding hydrogens is 925 g/mol. The monoisotopic (exact) mass is 1030 g/mol. The van der Waals surface area contributed by atoms with Gasteiger partial charge >= 0.3 is 17.9 Å². The summed E-state index contributed by atoms with van der Waals surface area (Å²) in [5, 5.41) is 0. The van der Waals surface area contributed by atoms with Crippen molar-refractivity contribution < 1.29 is 28.6 Å². The van der Waals surface area contributed by atoms with E-state index in [1.54, 1.807) is 0 Å². The third kappa shape index (κ3) is 59.3. The molecule has 0 bridgehead atoms. The molecule has 0 aliphatic carbocycles. The fourth-order valence-electron chi connectivity index (χ4n) is 7.12. The second-order valence-corrected chi connectivity index (χ2v) is 18.4. The molecule has 6 nitrogen and oxygen atoms in total. The van der Waals surface area contributed by atoms with Gasteiger partial charge in [0.15, 0.2) is 6.10 Å². The average molecular weight is 1030 g/mol. The van der Waals surface area contributed by atoms with Gasteiger partial charge in [-0.1, -0.05) is 229 Å². The third-order valence-electron chi connectivity index (χ3n) is 11.4. The zero-order valence-electron chi connectivity index (χ0n) is 47.5. The SMILES string of the molecule is CC/C=C\C/C=C\C/C=C\C/C=C\C/C=C\C/C=C\C/C=C\CCCC(=O)OCC(COC(=O)CCCC/C=C\C/C=C\C/C=C\C/C=C\CC)OC(=O)CCCCCCCC/C=C\C/C=C\C/C=C\C/C=C\CC. The van der Waals surface area contributed by atoms with E-state index in [-0.39, 0.29) is 50.4 Å². The van der Waals surface area contributed by atoms with E-state index in [0.717, 1.165) is 148 Å². The number of hydrogen-bond donors (Lipinski definition) is 0. The van der Waals surface area contributed by atoms with Gasteiger partial charge in [-0.05, 0) is 148 Å². The molecule has 0 spiro atoms. The Kier molecular flexibility index (Phi) is 56.6. The highest BCUT2D eigenvalue weighted by atomic mass is 16.6. The first-order chi connectivity index (χ1) is 37.0. The predicted octanol–water partition coefficient (Wildman–Crippen LogP) is 20.1. The van der Waals surface area contributed by atoms with E-state index in [9.17, 15) is 14.4 Å². The quantitative estimate of drug-likeness (QED) is 0.0261. The number of carbonyl (C=O) groups is 3. The number of ether oxygens (including phenoxy) is 3. The van der Waals surface area contributed by atoms with Crippen LogP contribution in [0.2, 0.25) is 0 Å². The second-order valence-electron chi connectivity index (χ2n) is 18.4. The van der Waals surface area contributed by atoms with Crippen LogP contribution in [0, 0.1) is 0 Å². The molecule has 1 atom stereocenters. The summed E-state index contributed by atoms with van der Waals surface area (Å²) >= 11 is 0. The molecule has 0 aliphatic heterocycles. The van der Waals surface area contributed by atoms with Crippen LogP contribution in [-0.4, -0.2) is 37.2 Å². The van der Waals surface area contributed by atoms with Crippen molar-refractivity contribution in [3.63, 3.8) is 0 Å². The smallest absolute Gasteiger partial charge is 0.306 e. The third-order valence-corrected chi connectivity index (χ3v) is 11.4. The lowest BCUT2D eigenvalue weighted by Gasteiger charge is -2.18. The minimum Gasteiger partial charge on any atom is -0.462 e. The zero-order chi connectivity index (χ0) is 54.3. The number of carbonyl (C=O) groups excluding carboxylic acids is 3. The first-order valence-electron chi connectivity index (χ1n) is 29.3. The van der Waals surface area contributed by atoms with Crippen LogP contribution in [0.1, 0.15) is 213 Å². The fourth-order valence-corrected chi connectivity index (χ4v) is 7.12. The summed E-state index contributed by atoms with van der Waals surface area (Å²) in [5.41, 5.74) is 0. The van der Waals surface area contributed by atoms with Crippen LogP contribution in [0.5, 0.6) is 0 Å². The van der Waals surface area contributed by atoms with E-state index < -0.39 is 6.10 Å². The molecule has 0 aromatic heterocycles. The minimum absolute atomic E-state index is 0.134. The maximum atomic E-state index is 12.9. The molecule has 0 rings (SSSR count). The molecule has 75 heavy (non-hydrogen) atoms. The standard InChI is InChI=1S/C69H104O6/c1-4-7-10-13-16-19-22-25-28-30-32-33-34-35-37-38-41-44-47-50-53-56-59-62-68(71)74-65-66(64-73-67(70)61-58-55-52-49-46-43-40-27-24-21-18-15-12-9-6-3)75-69(72)63-60-57-54-51-48-45-42-39-36-31-29-26-23-20-17-14-11-8-5-2/h7-12,16-21,25-29,32-33,35-37,39-41,44,46,49-50,53,66H,4-6,13-15,22-24,30-31,34,38,42-43,45,47-48,51-52,54-65H2,1-3H3/b10-7-,11-8-,12-9-,19-16-,20-17-,21-18-,28-25-,29-26-,33-32-,37-35-,39-36-,40-27-,44-41-,49-46-,53-50-. The molecule has 0 radical (unpaired) electrons. The van der Waals surface area contributed by atoms with Gasteiger partial charge in [-0.15, -0.1) is 0 Å². The van der Waals surface area contributed by atoms with E-state index in [4.69, 9.17) is 14.2 Å². The Morgan fingerprint density at radius 3 is 0.827 bits per heavy atom. The summed E-state index contributed by atoms with van der Waals surface area (Å²) in [6.07, 6.45) is 91.7. The fraction of sp³-hybridized carbons (Fsp3) is 0.522. The summed E-state index contributed by atoms with van der Waals surface area (Å²) in [7, 11) is 0. The predicted molar refractivity (Wildman–Crippen MR) is 324 cm³/mol. The van der Waals surface area contributed by atoms with Gasteiger partial charge < -0.3 is 14.2 Å². The van der Waals surface area contributed by atoms with Crippen molar-refractivity contribution in [3.05, 3.63) is 182 Å². The molecule has 1 unspecified atom stereocenters. The topological polar surface area (TPSA) is 78.9 Å². The summed E-state index contributed by atoms with van der Waals surface area (Å²) in [6.45, 7) is 6.18. The van der Waals surface area contributed by atoms with Crippen LogP contribution in [-0.2, 0) is 28.6 Å². The molecule has 0 N–H and O–H groups in total. The average Bonchev–Trinajstić information content (AvgIpc) is 3.41. The molecule has 0 saturated heterocycles. The van der Waals surface area contributed by atoms with Crippen molar-refractivity contribution in [2.45, 2.75) is 219 Å². The van der Waals surface area contributed by atoms with E-state index in [1.165, 1.54) is 12.8 Å². The van der Waals surface area contributed by atoms with Gasteiger partial charge in [-0.3, -0.25) is 14.4 Å². The normalized spacial score (nSPS) is 13.5. The van der Waals surface area contributed by atoms with Crippen LogP contribution in [0.3, 0.4) is 0 Å². The maximum Gasteiger partial charge on any atom is 0.306 e. The Morgan fingerprint density at radius 1 is 0.267 bits per heavy atom. The van der Waals surface area contributed by atoms with Crippen LogP contribution in [0.25, 0.3) is 0 Å². The Balaban J connectivity index is 4.60. The first kappa shape index (κ1) is 69.5. The first-order valence-corrected chi connectivity index (χ1v) is 29.3. The summed E-state index contributed by atoms with van der Waals surface area (Å²) < 4.78 is 16.8. The van der Waals surface area contributed by atoms with Gasteiger partial charge in [-0.25, -0.2) is 0 Å². The highest BCUT2D eigenvalue weighted by Gasteiger charge is 2.19. The number of unbranched alkanes of at least 4 members (excludes halogenated alkanes) is 9. The molecule has 6 heteroatoms. The van der Waals surface area contributed by atoms with Gasteiger partial charge in [0, 0.05) is 19.3 Å². The van der Waals surface area contributed by atoms with Crippen molar-refractivity contribution in [2.75, 3.05) is 13.2 Å². The molecule has 0 aliphatic rings. The van der Waals surface area contributed by atoms with Gasteiger partial charge in [-0.2, -0.15) is 0 Å². The second kappa shape index (κ2) is 61.1. The van der Waals surface area contributed by atoms with Crippen molar-refractivity contribution in [1.29, 1.82) is 0 Å². The number of rotatable bonds is 50. The summed E-state index contributed by atoms with van der Waals surface area (Å²) in [4.78, 5) is 38.2. The van der Waals surface area contributed by atoms with Crippen LogP contribution >= 0.6 is 0 Å². The van der Waals surface area contributed by atoms with E-state index in [1.807, 2.05) is 0 Å². The molecule has 0 aromatic rings. The summed E-state index contributed by atoms with van der Waals surface area (Å²) in [5.74, 6) is -1.06. The Morgan fingerprint density at radius 2 is 0.493 bits per heavy atom. The number of esters is 3. The Bertz CT molecular complexity index is 1800. The van der Waals surface area contributed by atoms with Gasteiger partial charge in [0.2, 0.25) is 0 Å². The van der Waals surface area contributed by atoms with Crippen molar-refractivity contribution in [3.8, 4) is 0 Å². The molecule has 0 amide bonds. The van der Waals surface area contributed by atoms with E-state index in [0.29, 0.717) is 12.8 Å². The minimum atomic E-state index is -0.838. The van der Waals surface area contributed by atoms with Crippen LogP contribution in [0.4, 0.5) is 0 Å². The largest absolute Gasteiger partial charge is 0.462 e. The van der Waals surface area contributed by atoms with Crippen molar-refractivity contribution in [2.24, 2.45) is 0 Å². The molecule has 0 aromatic carbocycles. The van der Waals surface area contributed by atoms with Gasteiger partial charge in [0.1, 0.15) is 13.2 Å². The Labute approximate surface area is 459 Å². The highest BCUT2D eigenvalue weighted by Crippen LogP contribution is 2.12. The lowest BCUT2D eigenvalue weighted by atomic mass is 10.1. The Hall–Kier alpha value is -5.49. The molecule has 0 heterocycles. The van der Waals surface area contributed by atoms with Gasteiger partial charge in [0.25, 0.3) is 0 Å². The van der Waals surface area contributed by atoms with Crippen LogP contribution < -0.4 is 0 Å². The summed E-state index contributed by atoms with van der Waals surface area (Å²) in [6, 6.07) is 0. The van der Waals surface area contributed by atoms with E-state index >= 15 is 0 Å². The van der Waals surface area contributed by atoms with E-state index in [2.05, 4.69) is 203 Å².